The first kappa shape index (κ1) is 27.3. The molecule has 2 amide bonds. The summed E-state index contributed by atoms with van der Waals surface area (Å²) in [5, 5.41) is 4.45. The molecule has 3 rings (SSSR count). The Hall–Kier alpha value is -3.30. The molecule has 0 radical (unpaired) electrons. The number of unbranched alkanes of at least 4 members (excludes halogenated alkanes) is 1. The molecular formula is C27H32FN3O4S. The zero-order chi connectivity index (χ0) is 26.3. The number of sulfonamides is 1. The molecule has 0 aliphatic heterocycles. The monoisotopic (exact) mass is 513 g/mol. The summed E-state index contributed by atoms with van der Waals surface area (Å²) in [5.41, 5.74) is 0.235. The Labute approximate surface area is 212 Å². The van der Waals surface area contributed by atoms with Crippen molar-refractivity contribution in [2.75, 3.05) is 20.1 Å². The average Bonchev–Trinajstić information content (AvgIpc) is 2.87. The van der Waals surface area contributed by atoms with Crippen LogP contribution in [0.3, 0.4) is 0 Å². The molecule has 3 aromatic rings. The van der Waals surface area contributed by atoms with E-state index in [9.17, 15) is 22.4 Å². The highest BCUT2D eigenvalue weighted by Gasteiger charge is 2.30. The molecule has 0 bridgehead atoms. The minimum atomic E-state index is -3.99. The van der Waals surface area contributed by atoms with Crippen LogP contribution >= 0.6 is 0 Å². The molecule has 0 aliphatic carbocycles. The molecule has 0 unspecified atom stereocenters. The third-order valence-electron chi connectivity index (χ3n) is 6.08. The molecule has 0 spiro atoms. The van der Waals surface area contributed by atoms with Gasteiger partial charge in [-0.15, -0.1) is 0 Å². The quantitative estimate of drug-likeness (QED) is 0.394. The second-order valence-electron chi connectivity index (χ2n) is 8.70. The van der Waals surface area contributed by atoms with Crippen molar-refractivity contribution in [1.82, 2.24) is 14.5 Å². The van der Waals surface area contributed by atoms with Gasteiger partial charge in [-0.25, -0.2) is 12.8 Å². The SMILES string of the molecule is CCCCNC(=O)[C@H](C)N(Cc1ccccc1F)C(=O)CN(C)S(=O)(=O)c1ccc2ccccc2c1. The summed E-state index contributed by atoms with van der Waals surface area (Å²) < 4.78 is 41.8. The van der Waals surface area contributed by atoms with Crippen LogP contribution in [-0.2, 0) is 26.2 Å². The number of fused-ring (bicyclic) bond motifs is 1. The van der Waals surface area contributed by atoms with Crippen LogP contribution in [0.2, 0.25) is 0 Å². The van der Waals surface area contributed by atoms with Gasteiger partial charge in [-0.3, -0.25) is 9.59 Å². The highest BCUT2D eigenvalue weighted by Crippen LogP contribution is 2.22. The fraction of sp³-hybridized carbons (Fsp3) is 0.333. The lowest BCUT2D eigenvalue weighted by atomic mass is 10.1. The highest BCUT2D eigenvalue weighted by molar-refractivity contribution is 7.89. The van der Waals surface area contributed by atoms with Crippen molar-refractivity contribution >= 4 is 32.6 Å². The molecule has 7 nitrogen and oxygen atoms in total. The molecule has 1 atom stereocenters. The van der Waals surface area contributed by atoms with Gasteiger partial charge in [0.15, 0.2) is 0 Å². The second-order valence-corrected chi connectivity index (χ2v) is 10.7. The maximum absolute atomic E-state index is 14.4. The molecule has 0 aliphatic rings. The minimum Gasteiger partial charge on any atom is -0.354 e. The Balaban J connectivity index is 1.83. The Kier molecular flexibility index (Phi) is 9.17. The lowest BCUT2D eigenvalue weighted by Crippen LogP contribution is -2.50. The van der Waals surface area contributed by atoms with E-state index in [0.29, 0.717) is 6.54 Å². The summed E-state index contributed by atoms with van der Waals surface area (Å²) in [6.45, 7) is 3.33. The van der Waals surface area contributed by atoms with Crippen molar-refractivity contribution in [2.45, 2.75) is 44.2 Å². The van der Waals surface area contributed by atoms with E-state index in [-0.39, 0.29) is 22.9 Å². The second kappa shape index (κ2) is 12.1. The number of hydrogen-bond donors (Lipinski definition) is 1. The number of rotatable bonds is 11. The summed E-state index contributed by atoms with van der Waals surface area (Å²) in [4.78, 5) is 27.4. The number of carbonyl (C=O) groups is 2. The zero-order valence-corrected chi connectivity index (χ0v) is 21.6. The number of nitrogens with zero attached hydrogens (tertiary/aromatic N) is 2. The van der Waals surface area contributed by atoms with E-state index in [4.69, 9.17) is 0 Å². The molecule has 9 heteroatoms. The molecule has 0 heterocycles. The molecule has 0 saturated heterocycles. The topological polar surface area (TPSA) is 86.8 Å². The van der Waals surface area contributed by atoms with Crippen LogP contribution < -0.4 is 5.32 Å². The number of carbonyl (C=O) groups excluding carboxylic acids is 2. The Bertz CT molecular complexity index is 1330. The maximum atomic E-state index is 14.4. The molecule has 3 aromatic carbocycles. The summed E-state index contributed by atoms with van der Waals surface area (Å²) in [6, 6.07) is 17.2. The molecule has 0 fully saturated rings. The van der Waals surface area contributed by atoms with Crippen LogP contribution in [0.1, 0.15) is 32.3 Å². The first-order chi connectivity index (χ1) is 17.1. The van der Waals surface area contributed by atoms with E-state index < -0.39 is 34.3 Å². The Morgan fingerprint density at radius 1 is 1.00 bits per heavy atom. The van der Waals surface area contributed by atoms with Gasteiger partial charge >= 0.3 is 0 Å². The molecule has 1 N–H and O–H groups in total. The van der Waals surface area contributed by atoms with E-state index in [1.54, 1.807) is 25.1 Å². The molecule has 192 valence electrons. The van der Waals surface area contributed by atoms with Crippen molar-refractivity contribution in [3.8, 4) is 0 Å². The van der Waals surface area contributed by atoms with Crippen LogP contribution in [0, 0.1) is 5.82 Å². The van der Waals surface area contributed by atoms with Crippen molar-refractivity contribution in [3.63, 3.8) is 0 Å². The molecule has 0 aromatic heterocycles. The number of halogens is 1. The van der Waals surface area contributed by atoms with Gasteiger partial charge in [0, 0.05) is 25.7 Å². The smallest absolute Gasteiger partial charge is 0.243 e. The van der Waals surface area contributed by atoms with Gasteiger partial charge in [-0.1, -0.05) is 61.9 Å². The van der Waals surface area contributed by atoms with E-state index in [1.165, 1.54) is 36.2 Å². The number of benzene rings is 3. The fourth-order valence-electron chi connectivity index (χ4n) is 3.80. The van der Waals surface area contributed by atoms with Gasteiger partial charge in [0.05, 0.1) is 11.4 Å². The number of amides is 2. The summed E-state index contributed by atoms with van der Waals surface area (Å²) >= 11 is 0. The predicted molar refractivity (Wildman–Crippen MR) is 138 cm³/mol. The van der Waals surface area contributed by atoms with Gasteiger partial charge in [-0.2, -0.15) is 4.31 Å². The van der Waals surface area contributed by atoms with Gasteiger partial charge < -0.3 is 10.2 Å². The molecule has 0 saturated carbocycles. The highest BCUT2D eigenvalue weighted by atomic mass is 32.2. The maximum Gasteiger partial charge on any atom is 0.243 e. The molecule has 36 heavy (non-hydrogen) atoms. The summed E-state index contributed by atoms with van der Waals surface area (Å²) in [5.74, 6) is -1.50. The summed E-state index contributed by atoms with van der Waals surface area (Å²) in [7, 11) is -2.68. The van der Waals surface area contributed by atoms with Crippen LogP contribution in [0.25, 0.3) is 10.8 Å². The van der Waals surface area contributed by atoms with Gasteiger partial charge in [0.25, 0.3) is 0 Å². The number of nitrogens with one attached hydrogen (secondary N) is 1. The lowest BCUT2D eigenvalue weighted by molar-refractivity contribution is -0.140. The van der Waals surface area contributed by atoms with Crippen molar-refractivity contribution in [2.24, 2.45) is 0 Å². The standard InChI is InChI=1S/C27H32FN3O4S/c1-4-5-16-29-27(33)20(2)31(18-23-12-8-9-13-25(23)28)26(32)19-30(3)36(34,35)24-15-14-21-10-6-7-11-22(21)17-24/h6-15,17,20H,4-5,16,18-19H2,1-3H3,(H,29,33)/t20-/m0/s1. The van der Waals surface area contributed by atoms with E-state index >= 15 is 0 Å². The third kappa shape index (κ3) is 6.47. The third-order valence-corrected chi connectivity index (χ3v) is 7.88. The Morgan fingerprint density at radius 3 is 2.36 bits per heavy atom. The molecular weight excluding hydrogens is 481 g/mol. The van der Waals surface area contributed by atoms with Gasteiger partial charge in [0.2, 0.25) is 21.8 Å². The van der Waals surface area contributed by atoms with Gasteiger partial charge in [-0.05, 0) is 42.3 Å². The van der Waals surface area contributed by atoms with E-state index in [2.05, 4.69) is 5.32 Å². The summed E-state index contributed by atoms with van der Waals surface area (Å²) in [6.07, 6.45) is 1.68. The predicted octanol–water partition coefficient (Wildman–Crippen LogP) is 3.93. The largest absolute Gasteiger partial charge is 0.354 e. The van der Waals surface area contributed by atoms with Crippen molar-refractivity contribution < 1.29 is 22.4 Å². The van der Waals surface area contributed by atoms with E-state index in [1.807, 2.05) is 31.2 Å². The van der Waals surface area contributed by atoms with Crippen LogP contribution in [0.5, 0.6) is 0 Å². The minimum absolute atomic E-state index is 0.0579. The fourth-order valence-corrected chi connectivity index (χ4v) is 4.96. The zero-order valence-electron chi connectivity index (χ0n) is 20.8. The number of likely N-dealkylation sites (N-methyl/N-ethyl adjacent to an activating group) is 1. The van der Waals surface area contributed by atoms with Crippen LogP contribution in [0.4, 0.5) is 4.39 Å². The van der Waals surface area contributed by atoms with Crippen LogP contribution in [0.15, 0.2) is 71.6 Å². The van der Waals surface area contributed by atoms with Crippen molar-refractivity contribution in [3.05, 3.63) is 78.1 Å². The Morgan fingerprint density at radius 2 is 1.67 bits per heavy atom. The van der Waals surface area contributed by atoms with Crippen molar-refractivity contribution in [1.29, 1.82) is 0 Å². The average molecular weight is 514 g/mol. The lowest BCUT2D eigenvalue weighted by Gasteiger charge is -2.30. The first-order valence-electron chi connectivity index (χ1n) is 11.9. The van der Waals surface area contributed by atoms with Gasteiger partial charge in [0.1, 0.15) is 11.9 Å². The normalized spacial score (nSPS) is 12.5. The van der Waals surface area contributed by atoms with E-state index in [0.717, 1.165) is 27.9 Å². The first-order valence-corrected chi connectivity index (χ1v) is 13.3. The van der Waals surface area contributed by atoms with Crippen LogP contribution in [-0.4, -0.2) is 55.6 Å². The number of hydrogen-bond acceptors (Lipinski definition) is 4.